The molecule has 11 atom stereocenters. The molecule has 24 heteroatoms. The number of aliphatic hydroxyl groups excluding tert-OH is 4. The minimum atomic E-state index is -2.16. The van der Waals surface area contributed by atoms with Crippen LogP contribution in [0.15, 0.2) is 103 Å². The average molecular weight is 1160 g/mol. The summed E-state index contributed by atoms with van der Waals surface area (Å²) in [6.07, 6.45) is -14.6. The van der Waals surface area contributed by atoms with Gasteiger partial charge in [-0.2, -0.15) is 0 Å². The van der Waals surface area contributed by atoms with Crippen molar-refractivity contribution < 1.29 is 121 Å². The molecule has 0 unspecified atom stereocenters. The van der Waals surface area contributed by atoms with Crippen LogP contribution in [0.4, 0.5) is 0 Å². The minimum Gasteiger partial charge on any atom is -0.508 e. The first kappa shape index (κ1) is 54.2. The summed E-state index contributed by atoms with van der Waals surface area (Å²) in [6, 6.07) is 17.9. The number of aliphatic hydroxyl groups is 4. The number of aromatic hydroxyl groups is 16. The van der Waals surface area contributed by atoms with Crippen LogP contribution in [0.3, 0.4) is 0 Å². The molecular weight excluding hydrogens is 1100 g/mol. The van der Waals surface area contributed by atoms with Crippen molar-refractivity contribution in [3.8, 4) is 115 Å². The minimum absolute atomic E-state index is 0.0000721. The molecule has 0 aromatic heterocycles. The number of rotatable bonds is 7. The number of hydrogen-bond acceptors (Lipinski definition) is 24. The first-order valence-corrected chi connectivity index (χ1v) is 25.7. The van der Waals surface area contributed by atoms with Gasteiger partial charge in [-0.3, -0.25) is 0 Å². The smallest absolute Gasteiger partial charge is 0.157 e. The maximum absolute atomic E-state index is 13.2. The van der Waals surface area contributed by atoms with E-state index in [1.807, 2.05) is 0 Å². The lowest BCUT2D eigenvalue weighted by Crippen LogP contribution is -2.39. The van der Waals surface area contributed by atoms with Crippen LogP contribution in [0.1, 0.15) is 103 Å². The molecular formula is C60H50O24. The second kappa shape index (κ2) is 19.7. The summed E-state index contributed by atoms with van der Waals surface area (Å²) < 4.78 is 25.4. The fourth-order valence-corrected chi connectivity index (χ4v) is 12.2. The molecule has 0 spiro atoms. The highest BCUT2D eigenvalue weighted by molar-refractivity contribution is 5.73. The molecule has 4 aliphatic rings. The summed E-state index contributed by atoms with van der Waals surface area (Å²) in [5.74, 6) is -19.0. The van der Waals surface area contributed by atoms with E-state index in [0.29, 0.717) is 0 Å². The van der Waals surface area contributed by atoms with Crippen molar-refractivity contribution in [2.75, 3.05) is 0 Å². The van der Waals surface area contributed by atoms with E-state index in [0.717, 1.165) is 78.9 Å². The predicted octanol–water partition coefficient (Wildman–Crippen LogP) is 5.89. The summed E-state index contributed by atoms with van der Waals surface area (Å²) in [5.41, 5.74) is -3.28. The summed E-state index contributed by atoms with van der Waals surface area (Å²) >= 11 is 0. The van der Waals surface area contributed by atoms with E-state index in [4.69, 9.17) is 18.9 Å². The van der Waals surface area contributed by atoms with Crippen molar-refractivity contribution in [2.24, 2.45) is 0 Å². The van der Waals surface area contributed by atoms with Gasteiger partial charge < -0.3 is 121 Å². The molecule has 0 fully saturated rings. The molecule has 0 amide bonds. The van der Waals surface area contributed by atoms with Gasteiger partial charge >= 0.3 is 0 Å². The number of benzene rings is 8. The molecule has 0 saturated carbocycles. The zero-order valence-electron chi connectivity index (χ0n) is 43.0. The third kappa shape index (κ3) is 8.44. The van der Waals surface area contributed by atoms with Crippen LogP contribution >= 0.6 is 0 Å². The van der Waals surface area contributed by atoms with Crippen LogP contribution in [-0.4, -0.2) is 127 Å². The Hall–Kier alpha value is -10.4. The Morgan fingerprint density at radius 2 is 0.643 bits per heavy atom. The van der Waals surface area contributed by atoms with E-state index in [-0.39, 0.29) is 39.1 Å². The molecule has 0 aliphatic carbocycles. The second-order valence-electron chi connectivity index (χ2n) is 21.0. The van der Waals surface area contributed by atoms with Crippen molar-refractivity contribution in [1.82, 2.24) is 0 Å². The van der Waals surface area contributed by atoms with Gasteiger partial charge in [0.1, 0.15) is 93.4 Å². The molecule has 24 nitrogen and oxygen atoms in total. The molecule has 0 saturated heterocycles. The molecule has 8 aromatic rings. The maximum Gasteiger partial charge on any atom is 0.157 e. The lowest BCUT2D eigenvalue weighted by atomic mass is 9.72. The highest BCUT2D eigenvalue weighted by Crippen LogP contribution is 2.64. The average Bonchev–Trinajstić information content (AvgIpc) is 1.02. The zero-order chi connectivity index (χ0) is 59.8. The van der Waals surface area contributed by atoms with Gasteiger partial charge in [0.05, 0.1) is 23.9 Å². The van der Waals surface area contributed by atoms with Crippen molar-refractivity contribution in [1.29, 1.82) is 0 Å². The van der Waals surface area contributed by atoms with Crippen LogP contribution in [0.25, 0.3) is 0 Å². The third-order valence-electron chi connectivity index (χ3n) is 16.0. The third-order valence-corrected chi connectivity index (χ3v) is 16.0. The van der Waals surface area contributed by atoms with E-state index in [9.17, 15) is 102 Å². The molecule has 20 N–H and O–H groups in total. The van der Waals surface area contributed by atoms with Crippen LogP contribution in [0.5, 0.6) is 115 Å². The van der Waals surface area contributed by atoms with Crippen molar-refractivity contribution in [3.05, 3.63) is 164 Å². The standard InChI is InChI=1S/C60H50O24/c61-23-13-34(71)42-40(14-23)81-56(20-2-6-26(63)31(68)10-20)52(78)48(42)45-36(73)17-37(74)46-49(53(79)58(84-60(45)46)22-4-8-28(65)33(70)12-22)43-38(75)18-41-47(51(43)77)50(54(80)57(82-41)21-3-7-27(64)32(69)11-21)44-35(72)16-29(66)24-15-39(76)55(83-59(24)44)19-1-5-25(62)30(67)9-19/h1-14,16-18,39,48-50,52-58,61-80H,15H2/t39-,48-,49+,50+,52-,53-,54-,55-,56-,57-,58-/m1/s1. The SMILES string of the molecule is Oc1cc(O)c2c(c1)O[C@H](c1ccc(O)c(O)c1)[C@H](O)[C@H]2c1c(O)cc(O)c2c1O[C@H](c1ccc(O)c(O)c1)[C@H](O)[C@H]2c1c(O)cc2c(c1O)[C@H](c1c(O)cc(O)c3c1O[C@H](c1ccc(O)c(O)c1)[C@H](O)C3)[C@@H](O)[C@@H](c1ccc(O)c(O)c1)O2. The van der Waals surface area contributed by atoms with Crippen LogP contribution in [0.2, 0.25) is 0 Å². The lowest BCUT2D eigenvalue weighted by molar-refractivity contribution is -0.00439. The number of phenols is 16. The van der Waals surface area contributed by atoms with E-state index in [1.54, 1.807) is 0 Å². The van der Waals surface area contributed by atoms with Gasteiger partial charge in [-0.05, 0) is 70.8 Å². The Morgan fingerprint density at radius 1 is 0.286 bits per heavy atom. The van der Waals surface area contributed by atoms with Crippen molar-refractivity contribution in [2.45, 2.75) is 73.0 Å². The highest BCUT2D eigenvalue weighted by Gasteiger charge is 2.53. The van der Waals surface area contributed by atoms with Gasteiger partial charge in [-0.25, -0.2) is 0 Å². The number of fused-ring (bicyclic) bond motifs is 4. The summed E-state index contributed by atoms with van der Waals surface area (Å²) in [4.78, 5) is 0. The highest BCUT2D eigenvalue weighted by atomic mass is 16.5. The summed E-state index contributed by atoms with van der Waals surface area (Å²) in [7, 11) is 0. The Balaban J connectivity index is 1.11. The lowest BCUT2D eigenvalue weighted by Gasteiger charge is -2.43. The normalized spacial score (nSPS) is 24.0. The fourth-order valence-electron chi connectivity index (χ4n) is 12.2. The van der Waals surface area contributed by atoms with Gasteiger partial charge in [0, 0.05) is 75.7 Å². The topological polar surface area (TPSA) is 442 Å². The monoisotopic (exact) mass is 1150 g/mol. The number of hydrogen-bond donors (Lipinski definition) is 20. The Morgan fingerprint density at radius 3 is 1.11 bits per heavy atom. The Kier molecular flexibility index (Phi) is 12.7. The van der Waals surface area contributed by atoms with Crippen LogP contribution in [-0.2, 0) is 6.42 Å². The zero-order valence-corrected chi connectivity index (χ0v) is 43.0. The van der Waals surface area contributed by atoms with E-state index >= 15 is 0 Å². The van der Waals surface area contributed by atoms with Gasteiger partial charge in [0.25, 0.3) is 0 Å². The molecule has 0 bridgehead atoms. The van der Waals surface area contributed by atoms with Crippen molar-refractivity contribution in [3.63, 3.8) is 0 Å². The summed E-state index contributed by atoms with van der Waals surface area (Å²) in [6.45, 7) is 0. The first-order valence-electron chi connectivity index (χ1n) is 25.7. The Labute approximate surface area is 472 Å². The fraction of sp³-hybridized carbons (Fsp3) is 0.200. The molecule has 84 heavy (non-hydrogen) atoms. The Bertz CT molecular complexity index is 4030. The van der Waals surface area contributed by atoms with E-state index < -0.39 is 210 Å². The van der Waals surface area contributed by atoms with Crippen LogP contribution in [0, 0.1) is 0 Å². The van der Waals surface area contributed by atoms with Gasteiger partial charge in [0.15, 0.2) is 64.3 Å². The number of phenolic OH excluding ortho intramolecular Hbond substituents is 16. The second-order valence-corrected chi connectivity index (χ2v) is 21.0. The van der Waals surface area contributed by atoms with Crippen molar-refractivity contribution >= 4 is 0 Å². The first-order chi connectivity index (χ1) is 39.9. The molecule has 4 aliphatic heterocycles. The molecule has 4 heterocycles. The number of ether oxygens (including phenoxy) is 4. The van der Waals surface area contributed by atoms with Gasteiger partial charge in [-0.1, -0.05) is 24.3 Å². The molecule has 434 valence electrons. The quantitative estimate of drug-likeness (QED) is 0.0827. The summed E-state index contributed by atoms with van der Waals surface area (Å²) in [5, 5.41) is 229. The van der Waals surface area contributed by atoms with Crippen LogP contribution < -0.4 is 18.9 Å². The largest absolute Gasteiger partial charge is 0.508 e. The predicted molar refractivity (Wildman–Crippen MR) is 285 cm³/mol. The van der Waals surface area contributed by atoms with Gasteiger partial charge in [-0.15, -0.1) is 0 Å². The molecule has 8 aromatic carbocycles. The molecule has 0 radical (unpaired) electrons. The maximum atomic E-state index is 13.2. The molecule has 12 rings (SSSR count). The van der Waals surface area contributed by atoms with Gasteiger partial charge in [0.2, 0.25) is 0 Å². The van der Waals surface area contributed by atoms with E-state index in [2.05, 4.69) is 0 Å². The van der Waals surface area contributed by atoms with E-state index in [1.165, 1.54) is 24.3 Å².